The second kappa shape index (κ2) is 4.49. The third-order valence-electron chi connectivity index (χ3n) is 1.55. The van der Waals surface area contributed by atoms with Crippen LogP contribution in [0.5, 0.6) is 0 Å². The maximum atomic E-state index is 9.50. The van der Waals surface area contributed by atoms with Gasteiger partial charge in [-0.05, 0) is 30.8 Å². The molecule has 1 rings (SSSR count). The lowest BCUT2D eigenvalue weighted by Gasteiger charge is -2.05. The van der Waals surface area contributed by atoms with Gasteiger partial charge in [0.15, 0.2) is 0 Å². The normalized spacial score (nSPS) is 13.3. The Morgan fingerprint density at radius 1 is 1.64 bits per heavy atom. The smallest absolute Gasteiger partial charge is 0.0882 e. The number of aliphatic hydroxyl groups excluding tert-OH is 1. The lowest BCUT2D eigenvalue weighted by atomic mass is 10.2. The van der Waals surface area contributed by atoms with Gasteiger partial charge in [-0.25, -0.2) is 0 Å². The van der Waals surface area contributed by atoms with Crippen LogP contribution in [-0.2, 0) is 0 Å². The van der Waals surface area contributed by atoms with Crippen molar-refractivity contribution in [3.63, 3.8) is 0 Å². The molecular weight excluding hydrogens is 158 g/mol. The Hall–Kier alpha value is -0.380. The summed E-state index contributed by atoms with van der Waals surface area (Å²) in [6.45, 7) is 0.655. The zero-order valence-electron chi connectivity index (χ0n) is 6.36. The summed E-state index contributed by atoms with van der Waals surface area (Å²) in [5.41, 5.74) is 5.32. The SMILES string of the molecule is NCCC[C@H](O)c1cccs1. The Morgan fingerprint density at radius 3 is 3.00 bits per heavy atom. The maximum absolute atomic E-state index is 9.50. The van der Waals surface area contributed by atoms with Gasteiger partial charge >= 0.3 is 0 Å². The van der Waals surface area contributed by atoms with Crippen molar-refractivity contribution in [2.24, 2.45) is 5.73 Å². The van der Waals surface area contributed by atoms with Gasteiger partial charge in [0.05, 0.1) is 6.10 Å². The summed E-state index contributed by atoms with van der Waals surface area (Å²) in [5.74, 6) is 0. The molecule has 1 heterocycles. The van der Waals surface area contributed by atoms with Crippen LogP contribution >= 0.6 is 11.3 Å². The van der Waals surface area contributed by atoms with Gasteiger partial charge in [0.2, 0.25) is 0 Å². The first-order valence-electron chi connectivity index (χ1n) is 3.76. The van der Waals surface area contributed by atoms with Gasteiger partial charge in [-0.3, -0.25) is 0 Å². The van der Waals surface area contributed by atoms with Crippen molar-refractivity contribution in [3.8, 4) is 0 Å². The summed E-state index contributed by atoms with van der Waals surface area (Å²) in [4.78, 5) is 1.04. The van der Waals surface area contributed by atoms with Crippen molar-refractivity contribution in [2.45, 2.75) is 18.9 Å². The molecule has 0 fully saturated rings. The van der Waals surface area contributed by atoms with Crippen molar-refractivity contribution < 1.29 is 5.11 Å². The Bertz CT molecular complexity index is 186. The third kappa shape index (κ3) is 2.61. The molecule has 0 radical (unpaired) electrons. The van der Waals surface area contributed by atoms with Crippen LogP contribution in [0.25, 0.3) is 0 Å². The first-order chi connectivity index (χ1) is 5.34. The Kier molecular flexibility index (Phi) is 3.56. The van der Waals surface area contributed by atoms with Gasteiger partial charge in [-0.1, -0.05) is 6.07 Å². The van der Waals surface area contributed by atoms with E-state index in [-0.39, 0.29) is 6.10 Å². The van der Waals surface area contributed by atoms with Gasteiger partial charge in [0.25, 0.3) is 0 Å². The Morgan fingerprint density at radius 2 is 2.45 bits per heavy atom. The van der Waals surface area contributed by atoms with Crippen molar-refractivity contribution in [3.05, 3.63) is 22.4 Å². The van der Waals surface area contributed by atoms with E-state index >= 15 is 0 Å². The second-order valence-electron chi connectivity index (χ2n) is 2.46. The van der Waals surface area contributed by atoms with Crippen LogP contribution in [0.4, 0.5) is 0 Å². The van der Waals surface area contributed by atoms with Crippen molar-refractivity contribution >= 4 is 11.3 Å². The highest BCUT2D eigenvalue weighted by Gasteiger charge is 2.06. The fourth-order valence-electron chi connectivity index (χ4n) is 0.934. The molecule has 0 saturated heterocycles. The van der Waals surface area contributed by atoms with Crippen molar-refractivity contribution in [1.82, 2.24) is 0 Å². The van der Waals surface area contributed by atoms with E-state index in [0.717, 1.165) is 17.7 Å². The van der Waals surface area contributed by atoms with Crippen LogP contribution in [0.1, 0.15) is 23.8 Å². The predicted octanol–water partition coefficient (Wildman–Crippen LogP) is 1.52. The molecule has 3 heteroatoms. The van der Waals surface area contributed by atoms with E-state index in [4.69, 9.17) is 5.73 Å². The van der Waals surface area contributed by atoms with Gasteiger partial charge in [0.1, 0.15) is 0 Å². The average molecular weight is 171 g/mol. The van der Waals surface area contributed by atoms with Crippen LogP contribution in [0.3, 0.4) is 0 Å². The second-order valence-corrected chi connectivity index (χ2v) is 3.44. The molecule has 0 bridgehead atoms. The molecule has 0 unspecified atom stereocenters. The predicted molar refractivity (Wildman–Crippen MR) is 47.6 cm³/mol. The maximum Gasteiger partial charge on any atom is 0.0882 e. The van der Waals surface area contributed by atoms with E-state index in [0.29, 0.717) is 6.54 Å². The fraction of sp³-hybridized carbons (Fsp3) is 0.500. The first-order valence-corrected chi connectivity index (χ1v) is 4.64. The minimum Gasteiger partial charge on any atom is -0.388 e. The minimum atomic E-state index is -0.307. The lowest BCUT2D eigenvalue weighted by molar-refractivity contribution is 0.169. The molecule has 0 aliphatic carbocycles. The number of thiophene rings is 1. The molecule has 0 aliphatic heterocycles. The van der Waals surface area contributed by atoms with E-state index < -0.39 is 0 Å². The summed E-state index contributed by atoms with van der Waals surface area (Å²) >= 11 is 1.59. The van der Waals surface area contributed by atoms with Crippen molar-refractivity contribution in [2.75, 3.05) is 6.54 Å². The molecule has 1 atom stereocenters. The highest BCUT2D eigenvalue weighted by molar-refractivity contribution is 7.10. The Balaban J connectivity index is 2.36. The number of hydrogen-bond donors (Lipinski definition) is 2. The molecule has 62 valence electrons. The highest BCUT2D eigenvalue weighted by Crippen LogP contribution is 2.22. The molecule has 0 amide bonds. The summed E-state index contributed by atoms with van der Waals surface area (Å²) in [5, 5.41) is 11.5. The summed E-state index contributed by atoms with van der Waals surface area (Å²) in [6, 6.07) is 3.90. The largest absolute Gasteiger partial charge is 0.388 e. The van der Waals surface area contributed by atoms with Gasteiger partial charge in [0, 0.05) is 4.88 Å². The van der Waals surface area contributed by atoms with Crippen molar-refractivity contribution in [1.29, 1.82) is 0 Å². The molecule has 1 aromatic heterocycles. The molecule has 0 saturated carbocycles. The lowest BCUT2D eigenvalue weighted by Crippen LogP contribution is -2.02. The summed E-state index contributed by atoms with van der Waals surface area (Å²) in [6.07, 6.45) is 1.36. The zero-order valence-corrected chi connectivity index (χ0v) is 7.18. The molecule has 3 N–H and O–H groups in total. The van der Waals surface area contributed by atoms with E-state index in [1.165, 1.54) is 0 Å². The molecule has 0 spiro atoms. The van der Waals surface area contributed by atoms with E-state index in [9.17, 15) is 5.11 Å². The van der Waals surface area contributed by atoms with Crippen LogP contribution in [0, 0.1) is 0 Å². The number of rotatable bonds is 4. The third-order valence-corrected chi connectivity index (χ3v) is 2.53. The number of hydrogen-bond acceptors (Lipinski definition) is 3. The van der Waals surface area contributed by atoms with E-state index in [2.05, 4.69) is 0 Å². The molecular formula is C8H13NOS. The highest BCUT2D eigenvalue weighted by atomic mass is 32.1. The number of aliphatic hydroxyl groups is 1. The van der Waals surface area contributed by atoms with Gasteiger partial charge in [-0.15, -0.1) is 11.3 Å². The molecule has 11 heavy (non-hydrogen) atoms. The zero-order chi connectivity index (χ0) is 8.10. The summed E-state index contributed by atoms with van der Waals surface area (Å²) in [7, 11) is 0. The first kappa shape index (κ1) is 8.71. The van der Waals surface area contributed by atoms with Gasteiger partial charge in [-0.2, -0.15) is 0 Å². The molecule has 0 aliphatic rings. The molecule has 0 aromatic carbocycles. The van der Waals surface area contributed by atoms with Crippen LogP contribution in [0.15, 0.2) is 17.5 Å². The molecule has 2 nitrogen and oxygen atoms in total. The fourth-order valence-corrected chi connectivity index (χ4v) is 1.68. The van der Waals surface area contributed by atoms with E-state index in [1.54, 1.807) is 11.3 Å². The number of nitrogens with two attached hydrogens (primary N) is 1. The van der Waals surface area contributed by atoms with Crippen LogP contribution in [-0.4, -0.2) is 11.7 Å². The monoisotopic (exact) mass is 171 g/mol. The standard InChI is InChI=1S/C8H13NOS/c9-5-1-3-7(10)8-4-2-6-11-8/h2,4,6-7,10H,1,3,5,9H2/t7-/m0/s1. The quantitative estimate of drug-likeness (QED) is 0.721. The molecule has 1 aromatic rings. The van der Waals surface area contributed by atoms with Gasteiger partial charge < -0.3 is 10.8 Å². The topological polar surface area (TPSA) is 46.2 Å². The summed E-state index contributed by atoms with van der Waals surface area (Å²) < 4.78 is 0. The van der Waals surface area contributed by atoms with E-state index in [1.807, 2.05) is 17.5 Å². The minimum absolute atomic E-state index is 0.307. The average Bonchev–Trinajstić information content (AvgIpc) is 2.52. The van der Waals surface area contributed by atoms with Crippen LogP contribution in [0.2, 0.25) is 0 Å². The van der Waals surface area contributed by atoms with Crippen LogP contribution < -0.4 is 5.73 Å². The Labute approximate surface area is 70.7 Å².